The van der Waals surface area contributed by atoms with E-state index >= 15 is 0 Å². The number of nitrogens with zero attached hydrogens (tertiary/aromatic N) is 2. The molecular formula is C13H20N4O2S2. The molecule has 1 atom stereocenters. The highest BCUT2D eigenvalue weighted by molar-refractivity contribution is 7.89. The maximum atomic E-state index is 12.2. The van der Waals surface area contributed by atoms with Crippen LogP contribution in [-0.2, 0) is 10.0 Å². The van der Waals surface area contributed by atoms with E-state index in [0.29, 0.717) is 18.3 Å². The van der Waals surface area contributed by atoms with Gasteiger partial charge >= 0.3 is 0 Å². The Balaban J connectivity index is 1.99. The van der Waals surface area contributed by atoms with Crippen molar-refractivity contribution < 1.29 is 8.42 Å². The summed E-state index contributed by atoms with van der Waals surface area (Å²) in [5.41, 5.74) is 5.85. The molecule has 0 saturated heterocycles. The minimum absolute atomic E-state index is 0.115. The molecule has 6 nitrogen and oxygen atoms in total. The molecule has 2 rings (SSSR count). The van der Waals surface area contributed by atoms with Crippen LogP contribution in [-0.4, -0.2) is 49.0 Å². The fraction of sp³-hybridized carbons (Fsp3) is 0.538. The van der Waals surface area contributed by atoms with E-state index in [1.54, 1.807) is 0 Å². The van der Waals surface area contributed by atoms with Crippen molar-refractivity contribution in [3.8, 4) is 0 Å². The third-order valence-corrected chi connectivity index (χ3v) is 5.30. The summed E-state index contributed by atoms with van der Waals surface area (Å²) in [6, 6.07) is 3.71. The first kappa shape index (κ1) is 16.3. The maximum absolute atomic E-state index is 12.2. The van der Waals surface area contributed by atoms with Crippen molar-refractivity contribution >= 4 is 27.2 Å². The number of rotatable bonds is 7. The number of hydrogen-bond acceptors (Lipinski definition) is 5. The van der Waals surface area contributed by atoms with Gasteiger partial charge in [-0.25, -0.2) is 13.1 Å². The zero-order valence-electron chi connectivity index (χ0n) is 12.1. The Morgan fingerprint density at radius 3 is 2.71 bits per heavy atom. The minimum atomic E-state index is -3.56. The SMILES string of the molecule is CC(CNS(=O)(=O)c1ccc(C(N)=S)nc1)N(C)C1CC1. The number of thiocarbonyl (C=S) groups is 1. The summed E-state index contributed by atoms with van der Waals surface area (Å²) in [4.78, 5) is 6.41. The number of hydrogen-bond donors (Lipinski definition) is 2. The second-order valence-corrected chi connectivity index (χ2v) is 7.55. The van der Waals surface area contributed by atoms with Crippen LogP contribution in [0.1, 0.15) is 25.5 Å². The predicted molar refractivity (Wildman–Crippen MR) is 85.6 cm³/mol. The van der Waals surface area contributed by atoms with E-state index in [1.165, 1.54) is 31.2 Å². The summed E-state index contributed by atoms with van der Waals surface area (Å²) in [5.74, 6) is 0. The predicted octanol–water partition coefficient (Wildman–Crippen LogP) is 0.477. The van der Waals surface area contributed by atoms with Gasteiger partial charge in [-0.1, -0.05) is 12.2 Å². The van der Waals surface area contributed by atoms with E-state index in [4.69, 9.17) is 18.0 Å². The molecule has 1 unspecified atom stereocenters. The third-order valence-electron chi connectivity index (χ3n) is 3.69. The normalized spacial score (nSPS) is 16.9. The third kappa shape index (κ3) is 4.19. The van der Waals surface area contributed by atoms with E-state index in [-0.39, 0.29) is 15.9 Å². The molecule has 1 aromatic rings. The molecule has 1 fully saturated rings. The van der Waals surface area contributed by atoms with Crippen molar-refractivity contribution in [3.63, 3.8) is 0 Å². The highest BCUT2D eigenvalue weighted by atomic mass is 32.2. The largest absolute Gasteiger partial charge is 0.388 e. The van der Waals surface area contributed by atoms with Crippen LogP contribution in [0.4, 0.5) is 0 Å². The van der Waals surface area contributed by atoms with Crippen LogP contribution in [0.15, 0.2) is 23.2 Å². The fourth-order valence-corrected chi connectivity index (χ4v) is 3.17. The van der Waals surface area contributed by atoms with Crippen molar-refractivity contribution in [1.82, 2.24) is 14.6 Å². The average molecular weight is 328 g/mol. The van der Waals surface area contributed by atoms with Crippen molar-refractivity contribution in [2.45, 2.75) is 36.7 Å². The second-order valence-electron chi connectivity index (χ2n) is 5.34. The molecule has 0 aliphatic heterocycles. The summed E-state index contributed by atoms with van der Waals surface area (Å²) < 4.78 is 27.0. The molecule has 1 aliphatic rings. The number of nitrogens with one attached hydrogen (secondary N) is 1. The maximum Gasteiger partial charge on any atom is 0.242 e. The lowest BCUT2D eigenvalue weighted by Gasteiger charge is -2.24. The van der Waals surface area contributed by atoms with Gasteiger partial charge in [0, 0.05) is 24.8 Å². The first-order chi connectivity index (χ1) is 9.81. The topological polar surface area (TPSA) is 88.3 Å². The summed E-state index contributed by atoms with van der Waals surface area (Å²) in [7, 11) is -1.54. The van der Waals surface area contributed by atoms with Crippen LogP contribution in [0.25, 0.3) is 0 Å². The Morgan fingerprint density at radius 2 is 2.24 bits per heavy atom. The van der Waals surface area contributed by atoms with Crippen molar-refractivity contribution in [3.05, 3.63) is 24.0 Å². The van der Waals surface area contributed by atoms with Crippen LogP contribution < -0.4 is 10.5 Å². The van der Waals surface area contributed by atoms with E-state index in [1.807, 2.05) is 14.0 Å². The molecule has 8 heteroatoms. The lowest BCUT2D eigenvalue weighted by Crippen LogP contribution is -2.41. The van der Waals surface area contributed by atoms with Gasteiger partial charge in [-0.2, -0.15) is 0 Å². The number of aromatic nitrogens is 1. The lowest BCUT2D eigenvalue weighted by atomic mass is 10.3. The lowest BCUT2D eigenvalue weighted by molar-refractivity contribution is 0.248. The zero-order chi connectivity index (χ0) is 15.6. The highest BCUT2D eigenvalue weighted by Crippen LogP contribution is 2.26. The van der Waals surface area contributed by atoms with Crippen LogP contribution in [0.2, 0.25) is 0 Å². The molecule has 0 aromatic carbocycles. The molecule has 1 heterocycles. The van der Waals surface area contributed by atoms with Gasteiger partial charge in [0.1, 0.15) is 9.88 Å². The average Bonchev–Trinajstić information content (AvgIpc) is 3.28. The van der Waals surface area contributed by atoms with Gasteiger partial charge in [-0.15, -0.1) is 0 Å². The fourth-order valence-electron chi connectivity index (χ4n) is 1.98. The van der Waals surface area contributed by atoms with Gasteiger partial charge in [0.2, 0.25) is 10.0 Å². The van der Waals surface area contributed by atoms with Gasteiger partial charge in [-0.3, -0.25) is 9.88 Å². The van der Waals surface area contributed by atoms with E-state index in [2.05, 4.69) is 14.6 Å². The second kappa shape index (κ2) is 6.35. The minimum Gasteiger partial charge on any atom is -0.388 e. The summed E-state index contributed by atoms with van der Waals surface area (Å²) >= 11 is 4.79. The monoisotopic (exact) mass is 328 g/mol. The molecule has 1 aliphatic carbocycles. The van der Waals surface area contributed by atoms with Gasteiger partial charge in [0.15, 0.2) is 0 Å². The number of nitrogens with two attached hydrogens (primary N) is 1. The Bertz CT molecular complexity index is 612. The molecular weight excluding hydrogens is 308 g/mol. The Morgan fingerprint density at radius 1 is 1.57 bits per heavy atom. The van der Waals surface area contributed by atoms with Gasteiger partial charge in [-0.05, 0) is 38.9 Å². The van der Waals surface area contributed by atoms with E-state index < -0.39 is 10.0 Å². The standard InChI is InChI=1S/C13H20N4O2S2/c1-9(17(2)10-3-4-10)7-16-21(18,19)11-5-6-12(13(14)20)15-8-11/h5-6,8-10,16H,3-4,7H2,1-2H3,(H2,14,20). The van der Waals surface area contributed by atoms with Crippen LogP contribution in [0, 0.1) is 0 Å². The van der Waals surface area contributed by atoms with Crippen molar-refractivity contribution in [2.75, 3.05) is 13.6 Å². The smallest absolute Gasteiger partial charge is 0.242 e. The highest BCUT2D eigenvalue weighted by Gasteiger charge is 2.29. The molecule has 0 amide bonds. The number of likely N-dealkylation sites (N-methyl/N-ethyl adjacent to an activating group) is 1. The Kier molecular flexibility index (Phi) is 4.92. The van der Waals surface area contributed by atoms with Crippen LogP contribution >= 0.6 is 12.2 Å². The quantitative estimate of drug-likeness (QED) is 0.708. The number of pyridine rings is 1. The molecule has 3 N–H and O–H groups in total. The first-order valence-corrected chi connectivity index (χ1v) is 8.68. The van der Waals surface area contributed by atoms with Crippen molar-refractivity contribution in [2.24, 2.45) is 5.73 Å². The first-order valence-electron chi connectivity index (χ1n) is 6.78. The summed E-state index contributed by atoms with van der Waals surface area (Å²) in [6.07, 6.45) is 3.65. The van der Waals surface area contributed by atoms with Crippen LogP contribution in [0.3, 0.4) is 0 Å². The van der Waals surface area contributed by atoms with Crippen molar-refractivity contribution in [1.29, 1.82) is 0 Å². The molecule has 1 aromatic heterocycles. The molecule has 0 bridgehead atoms. The summed E-state index contributed by atoms with van der Waals surface area (Å²) in [5, 5.41) is 0. The van der Waals surface area contributed by atoms with Gasteiger partial charge in [0.05, 0.1) is 5.69 Å². The Hall–Kier alpha value is -1.09. The molecule has 0 spiro atoms. The summed E-state index contributed by atoms with van der Waals surface area (Å²) in [6.45, 7) is 2.38. The Labute approximate surface area is 130 Å². The molecule has 1 saturated carbocycles. The zero-order valence-corrected chi connectivity index (χ0v) is 13.7. The van der Waals surface area contributed by atoms with E-state index in [0.717, 1.165) is 0 Å². The van der Waals surface area contributed by atoms with Crippen LogP contribution in [0.5, 0.6) is 0 Å². The molecule has 116 valence electrons. The molecule has 0 radical (unpaired) electrons. The molecule has 21 heavy (non-hydrogen) atoms. The van der Waals surface area contributed by atoms with E-state index in [9.17, 15) is 8.42 Å². The van der Waals surface area contributed by atoms with Gasteiger partial charge < -0.3 is 5.73 Å². The van der Waals surface area contributed by atoms with Gasteiger partial charge in [0.25, 0.3) is 0 Å². The number of sulfonamides is 1.